The van der Waals surface area contributed by atoms with Crippen LogP contribution in [0.25, 0.3) is 11.5 Å². The number of rotatable bonds is 6. The minimum atomic E-state index is -0.213. The van der Waals surface area contributed by atoms with Gasteiger partial charge in [0.2, 0.25) is 11.8 Å². The molecular formula is C18H16ClN3O3S. The van der Waals surface area contributed by atoms with Crippen molar-refractivity contribution in [2.45, 2.75) is 12.1 Å². The van der Waals surface area contributed by atoms with Crippen LogP contribution in [0.4, 0.5) is 5.69 Å². The highest BCUT2D eigenvalue weighted by Gasteiger charge is 2.13. The number of anilines is 1. The van der Waals surface area contributed by atoms with E-state index in [1.54, 1.807) is 12.1 Å². The lowest BCUT2D eigenvalue weighted by Gasteiger charge is -2.11. The fourth-order valence-electron chi connectivity index (χ4n) is 2.21. The summed E-state index contributed by atoms with van der Waals surface area (Å²) in [6.45, 7) is 1.86. The van der Waals surface area contributed by atoms with Crippen LogP contribution in [0.3, 0.4) is 0 Å². The van der Waals surface area contributed by atoms with E-state index in [2.05, 4.69) is 15.5 Å². The molecule has 1 N–H and O–H groups in total. The van der Waals surface area contributed by atoms with Crippen molar-refractivity contribution in [3.63, 3.8) is 0 Å². The summed E-state index contributed by atoms with van der Waals surface area (Å²) in [5.41, 5.74) is 2.24. The second-order valence-corrected chi connectivity index (χ2v) is 6.71. The Bertz CT molecular complexity index is 915. The van der Waals surface area contributed by atoms with Crippen LogP contribution < -0.4 is 10.1 Å². The van der Waals surface area contributed by atoms with Gasteiger partial charge in [0.1, 0.15) is 5.75 Å². The fourth-order valence-corrected chi connectivity index (χ4v) is 2.93. The van der Waals surface area contributed by atoms with Crippen molar-refractivity contribution in [3.8, 4) is 17.2 Å². The van der Waals surface area contributed by atoms with Gasteiger partial charge in [0.25, 0.3) is 5.22 Å². The third-order valence-electron chi connectivity index (χ3n) is 3.51. The molecule has 0 aliphatic heterocycles. The highest BCUT2D eigenvalue weighted by molar-refractivity contribution is 7.99. The lowest BCUT2D eigenvalue weighted by Crippen LogP contribution is -2.15. The number of carbonyl (C=O) groups excluding carboxylic acids is 1. The van der Waals surface area contributed by atoms with E-state index in [1.807, 2.05) is 37.3 Å². The second kappa shape index (κ2) is 8.25. The maximum atomic E-state index is 12.2. The molecule has 0 saturated heterocycles. The van der Waals surface area contributed by atoms with E-state index in [0.717, 1.165) is 22.9 Å². The average Bonchev–Trinajstić information content (AvgIpc) is 3.12. The number of halogens is 1. The maximum absolute atomic E-state index is 12.2. The normalized spacial score (nSPS) is 10.6. The first-order chi connectivity index (χ1) is 12.6. The van der Waals surface area contributed by atoms with E-state index in [-0.39, 0.29) is 11.7 Å². The monoisotopic (exact) mass is 389 g/mol. The van der Waals surface area contributed by atoms with Crippen LogP contribution >= 0.6 is 23.4 Å². The van der Waals surface area contributed by atoms with Crippen molar-refractivity contribution in [2.24, 2.45) is 0 Å². The number of aryl methyl sites for hydroxylation is 1. The molecule has 3 aromatic rings. The van der Waals surface area contributed by atoms with Crippen molar-refractivity contribution in [1.82, 2.24) is 10.2 Å². The number of hydrogen-bond acceptors (Lipinski definition) is 6. The smallest absolute Gasteiger partial charge is 0.277 e. The molecule has 6 nitrogen and oxygen atoms in total. The Hall–Kier alpha value is -2.51. The maximum Gasteiger partial charge on any atom is 0.277 e. The van der Waals surface area contributed by atoms with Gasteiger partial charge in [-0.05, 0) is 30.7 Å². The molecule has 8 heteroatoms. The van der Waals surface area contributed by atoms with Crippen molar-refractivity contribution in [1.29, 1.82) is 0 Å². The fraction of sp³-hybridized carbons (Fsp3) is 0.167. The Labute approximate surface area is 159 Å². The summed E-state index contributed by atoms with van der Waals surface area (Å²) in [5, 5.41) is 11.7. The molecule has 0 bridgehead atoms. The summed E-state index contributed by atoms with van der Waals surface area (Å²) in [6, 6.07) is 12.9. The van der Waals surface area contributed by atoms with Crippen LogP contribution in [-0.2, 0) is 4.79 Å². The molecule has 1 aromatic heterocycles. The van der Waals surface area contributed by atoms with Gasteiger partial charge in [-0.2, -0.15) is 0 Å². The van der Waals surface area contributed by atoms with Gasteiger partial charge in [0, 0.05) is 16.7 Å². The Kier molecular flexibility index (Phi) is 5.80. The molecule has 0 fully saturated rings. The lowest BCUT2D eigenvalue weighted by atomic mass is 10.2. The molecule has 0 saturated carbocycles. The Morgan fingerprint density at radius 2 is 2.04 bits per heavy atom. The van der Waals surface area contributed by atoms with Crippen LogP contribution in [-0.4, -0.2) is 29.0 Å². The molecule has 2 aromatic carbocycles. The first kappa shape index (κ1) is 18.3. The number of ether oxygens (including phenoxy) is 1. The summed E-state index contributed by atoms with van der Waals surface area (Å²) in [4.78, 5) is 12.2. The molecule has 134 valence electrons. The number of methoxy groups -OCH3 is 1. The molecule has 0 radical (unpaired) electrons. The minimum Gasteiger partial charge on any atom is -0.495 e. The van der Waals surface area contributed by atoms with E-state index < -0.39 is 0 Å². The molecule has 0 aliphatic rings. The van der Waals surface area contributed by atoms with E-state index in [1.165, 1.54) is 7.11 Å². The van der Waals surface area contributed by atoms with Gasteiger partial charge in [-0.3, -0.25) is 4.79 Å². The van der Waals surface area contributed by atoms with Crippen molar-refractivity contribution in [2.75, 3.05) is 18.2 Å². The predicted octanol–water partition coefficient (Wildman–Crippen LogP) is 4.44. The largest absolute Gasteiger partial charge is 0.495 e. The standard InChI is InChI=1S/C18H16ClN3O3S/c1-11-8-14(15(24-2)9-13(11)19)20-16(23)10-26-18-22-21-17(25-18)12-6-4-3-5-7-12/h3-9H,10H2,1-2H3,(H,20,23). The van der Waals surface area contributed by atoms with E-state index in [9.17, 15) is 4.79 Å². The number of thioether (sulfide) groups is 1. The number of aromatic nitrogens is 2. The number of nitrogens with zero attached hydrogens (tertiary/aromatic N) is 2. The molecule has 1 heterocycles. The minimum absolute atomic E-state index is 0.126. The van der Waals surface area contributed by atoms with E-state index >= 15 is 0 Å². The number of benzene rings is 2. The molecule has 3 rings (SSSR count). The summed E-state index contributed by atoms with van der Waals surface area (Å²) < 4.78 is 10.8. The zero-order valence-corrected chi connectivity index (χ0v) is 15.7. The third kappa shape index (κ3) is 4.36. The number of nitrogens with one attached hydrogen (secondary N) is 1. The Morgan fingerprint density at radius 1 is 1.27 bits per heavy atom. The van der Waals surface area contributed by atoms with Crippen molar-refractivity contribution in [3.05, 3.63) is 53.1 Å². The van der Waals surface area contributed by atoms with E-state index in [4.69, 9.17) is 20.8 Å². The lowest BCUT2D eigenvalue weighted by molar-refractivity contribution is -0.113. The Morgan fingerprint density at radius 3 is 2.77 bits per heavy atom. The van der Waals surface area contributed by atoms with Crippen LogP contribution in [0.2, 0.25) is 5.02 Å². The molecule has 0 unspecified atom stereocenters. The van der Waals surface area contributed by atoms with Gasteiger partial charge in [-0.25, -0.2) is 0 Å². The summed E-state index contributed by atoms with van der Waals surface area (Å²) in [7, 11) is 1.52. The topological polar surface area (TPSA) is 77.2 Å². The third-order valence-corrected chi connectivity index (χ3v) is 4.73. The molecule has 0 aliphatic carbocycles. The number of hydrogen-bond donors (Lipinski definition) is 1. The van der Waals surface area contributed by atoms with Crippen LogP contribution in [0.15, 0.2) is 52.1 Å². The first-order valence-electron chi connectivity index (χ1n) is 7.72. The summed E-state index contributed by atoms with van der Waals surface area (Å²) >= 11 is 7.24. The Balaban J connectivity index is 1.62. The summed E-state index contributed by atoms with van der Waals surface area (Å²) in [6.07, 6.45) is 0. The second-order valence-electron chi connectivity index (χ2n) is 5.38. The molecular weight excluding hydrogens is 374 g/mol. The van der Waals surface area contributed by atoms with Crippen molar-refractivity contribution >= 4 is 35.0 Å². The van der Waals surface area contributed by atoms with Gasteiger partial charge in [0.05, 0.1) is 18.6 Å². The van der Waals surface area contributed by atoms with E-state index in [0.29, 0.717) is 27.6 Å². The quantitative estimate of drug-likeness (QED) is 0.628. The zero-order chi connectivity index (χ0) is 18.5. The van der Waals surface area contributed by atoms with Crippen molar-refractivity contribution < 1.29 is 13.9 Å². The summed E-state index contributed by atoms with van der Waals surface area (Å²) in [5.74, 6) is 0.836. The van der Waals surface area contributed by atoms with Crippen LogP contribution in [0.1, 0.15) is 5.56 Å². The highest BCUT2D eigenvalue weighted by Crippen LogP contribution is 2.31. The molecule has 0 spiro atoms. The average molecular weight is 390 g/mol. The van der Waals surface area contributed by atoms with Gasteiger partial charge < -0.3 is 14.5 Å². The van der Waals surface area contributed by atoms with Gasteiger partial charge >= 0.3 is 0 Å². The van der Waals surface area contributed by atoms with Crippen LogP contribution in [0.5, 0.6) is 5.75 Å². The van der Waals surface area contributed by atoms with Gasteiger partial charge in [-0.1, -0.05) is 41.6 Å². The molecule has 0 atom stereocenters. The van der Waals surface area contributed by atoms with Gasteiger partial charge in [0.15, 0.2) is 0 Å². The number of amides is 1. The molecule has 1 amide bonds. The van der Waals surface area contributed by atoms with Gasteiger partial charge in [-0.15, -0.1) is 10.2 Å². The predicted molar refractivity (Wildman–Crippen MR) is 102 cm³/mol. The zero-order valence-electron chi connectivity index (χ0n) is 14.2. The first-order valence-corrected chi connectivity index (χ1v) is 9.09. The van der Waals surface area contributed by atoms with Crippen LogP contribution in [0, 0.1) is 6.92 Å². The molecule has 26 heavy (non-hydrogen) atoms. The SMILES string of the molecule is COc1cc(Cl)c(C)cc1NC(=O)CSc1nnc(-c2ccccc2)o1. The number of carbonyl (C=O) groups is 1. The highest BCUT2D eigenvalue weighted by atomic mass is 35.5.